The smallest absolute Gasteiger partial charge is 0.407 e. The summed E-state index contributed by atoms with van der Waals surface area (Å²) in [5, 5.41) is 0.264. The predicted molar refractivity (Wildman–Crippen MR) is 60.4 cm³/mol. The molecule has 0 aliphatic rings. The molecule has 1 amide bonds. The minimum atomic E-state index is -0.645. The van der Waals surface area contributed by atoms with E-state index >= 15 is 0 Å². The van der Waals surface area contributed by atoms with E-state index in [1.807, 2.05) is 13.8 Å². The van der Waals surface area contributed by atoms with Crippen molar-refractivity contribution in [1.82, 2.24) is 4.90 Å². The number of ether oxygens (including phenoxy) is 1. The van der Waals surface area contributed by atoms with E-state index in [9.17, 15) is 9.18 Å². The van der Waals surface area contributed by atoms with Crippen LogP contribution in [0.15, 0.2) is 18.2 Å². The van der Waals surface area contributed by atoms with Crippen LogP contribution < -0.4 is 4.74 Å². The lowest BCUT2D eigenvalue weighted by Gasteiger charge is -2.17. The Labute approximate surface area is 98.8 Å². The van der Waals surface area contributed by atoms with Crippen LogP contribution in [0, 0.1) is 5.82 Å². The van der Waals surface area contributed by atoms with Gasteiger partial charge in [0.05, 0.1) is 0 Å². The molecule has 0 atom stereocenters. The molecular weight excluding hydrogens is 233 g/mol. The lowest BCUT2D eigenvalue weighted by atomic mass is 10.3. The molecule has 0 aromatic heterocycles. The molecular formula is C11H13ClFNO2. The molecule has 3 nitrogen and oxygen atoms in total. The summed E-state index contributed by atoms with van der Waals surface area (Å²) in [7, 11) is 0. The zero-order valence-electron chi connectivity index (χ0n) is 9.17. The third-order valence-corrected chi connectivity index (χ3v) is 2.35. The van der Waals surface area contributed by atoms with Gasteiger partial charge in [-0.25, -0.2) is 9.18 Å². The zero-order chi connectivity index (χ0) is 12.1. The van der Waals surface area contributed by atoms with Crippen LogP contribution in [0.1, 0.15) is 13.8 Å². The normalized spacial score (nSPS) is 10.0. The molecule has 0 fully saturated rings. The van der Waals surface area contributed by atoms with Crippen LogP contribution in [0.5, 0.6) is 5.75 Å². The van der Waals surface area contributed by atoms with Crippen molar-refractivity contribution in [2.45, 2.75) is 13.8 Å². The Bertz CT molecular complexity index is 380. The van der Waals surface area contributed by atoms with Gasteiger partial charge in [0.2, 0.25) is 0 Å². The fourth-order valence-corrected chi connectivity index (χ4v) is 1.36. The van der Waals surface area contributed by atoms with E-state index in [-0.39, 0.29) is 10.8 Å². The molecule has 1 rings (SSSR count). The highest BCUT2D eigenvalue weighted by atomic mass is 35.5. The minimum absolute atomic E-state index is 0.110. The van der Waals surface area contributed by atoms with Crippen LogP contribution >= 0.6 is 11.6 Å². The maximum absolute atomic E-state index is 13.3. The molecule has 88 valence electrons. The van der Waals surface area contributed by atoms with E-state index in [0.717, 1.165) is 6.07 Å². The molecule has 0 radical (unpaired) electrons. The Hall–Kier alpha value is -1.29. The molecule has 1 aromatic carbocycles. The van der Waals surface area contributed by atoms with E-state index in [1.54, 1.807) is 0 Å². The first-order valence-corrected chi connectivity index (χ1v) is 5.38. The lowest BCUT2D eigenvalue weighted by Crippen LogP contribution is -2.33. The van der Waals surface area contributed by atoms with Gasteiger partial charge in [-0.2, -0.15) is 0 Å². The van der Waals surface area contributed by atoms with Gasteiger partial charge in [0.15, 0.2) is 11.6 Å². The first-order valence-electron chi connectivity index (χ1n) is 5.00. The Morgan fingerprint density at radius 1 is 1.44 bits per heavy atom. The predicted octanol–water partition coefficient (Wildman–Crippen LogP) is 3.32. The van der Waals surface area contributed by atoms with Gasteiger partial charge < -0.3 is 9.64 Å². The van der Waals surface area contributed by atoms with Gasteiger partial charge in [0, 0.05) is 18.1 Å². The summed E-state index contributed by atoms with van der Waals surface area (Å²) in [6.45, 7) is 4.68. The summed E-state index contributed by atoms with van der Waals surface area (Å²) in [6.07, 6.45) is -0.564. The molecule has 0 spiro atoms. The third-order valence-electron chi connectivity index (χ3n) is 2.11. The zero-order valence-corrected chi connectivity index (χ0v) is 9.92. The topological polar surface area (TPSA) is 29.5 Å². The first-order chi connectivity index (χ1) is 7.58. The van der Waals surface area contributed by atoms with Crippen molar-refractivity contribution in [2.75, 3.05) is 13.1 Å². The van der Waals surface area contributed by atoms with Gasteiger partial charge in [0.1, 0.15) is 0 Å². The largest absolute Gasteiger partial charge is 0.415 e. The van der Waals surface area contributed by atoms with Gasteiger partial charge in [-0.1, -0.05) is 11.6 Å². The quantitative estimate of drug-likeness (QED) is 0.818. The van der Waals surface area contributed by atoms with Crippen LogP contribution in [0.2, 0.25) is 5.02 Å². The fourth-order valence-electron chi connectivity index (χ4n) is 1.20. The third kappa shape index (κ3) is 3.10. The number of amides is 1. The molecule has 0 saturated heterocycles. The highest BCUT2D eigenvalue weighted by molar-refractivity contribution is 6.30. The Morgan fingerprint density at radius 2 is 2.06 bits per heavy atom. The second-order valence-electron chi connectivity index (χ2n) is 3.12. The summed E-state index contributed by atoms with van der Waals surface area (Å²) in [4.78, 5) is 13.0. The lowest BCUT2D eigenvalue weighted by molar-refractivity contribution is 0.155. The summed E-state index contributed by atoms with van der Waals surface area (Å²) < 4.78 is 18.2. The summed E-state index contributed by atoms with van der Waals surface area (Å²) in [5.41, 5.74) is 0. The maximum Gasteiger partial charge on any atom is 0.415 e. The van der Waals surface area contributed by atoms with Crippen LogP contribution in [0.4, 0.5) is 9.18 Å². The minimum Gasteiger partial charge on any atom is -0.407 e. The molecule has 0 saturated carbocycles. The Kier molecular flexibility index (Phi) is 4.55. The molecule has 5 heteroatoms. The first kappa shape index (κ1) is 12.8. The van der Waals surface area contributed by atoms with E-state index in [4.69, 9.17) is 16.3 Å². The van der Waals surface area contributed by atoms with Crippen LogP contribution in [-0.2, 0) is 0 Å². The molecule has 0 bridgehead atoms. The number of nitrogens with zero attached hydrogens (tertiary/aromatic N) is 1. The molecule has 0 aliphatic heterocycles. The monoisotopic (exact) mass is 245 g/mol. The highest BCUT2D eigenvalue weighted by Gasteiger charge is 2.14. The van der Waals surface area contributed by atoms with Gasteiger partial charge in [-0.05, 0) is 32.0 Å². The van der Waals surface area contributed by atoms with Crippen LogP contribution in [0.3, 0.4) is 0 Å². The van der Waals surface area contributed by atoms with E-state index in [2.05, 4.69) is 0 Å². The fraction of sp³-hybridized carbons (Fsp3) is 0.364. The summed E-state index contributed by atoms with van der Waals surface area (Å²) in [6, 6.07) is 3.90. The van der Waals surface area contributed by atoms with Crippen molar-refractivity contribution in [3.8, 4) is 5.75 Å². The maximum atomic E-state index is 13.3. The standard InChI is InChI=1S/C11H13ClFNO2/c1-3-14(4-2)11(15)16-10-6-5-8(12)7-9(10)13/h5-7H,3-4H2,1-2H3. The Balaban J connectivity index is 2.76. The molecule has 0 N–H and O–H groups in total. The summed E-state index contributed by atoms with van der Waals surface area (Å²) >= 11 is 5.58. The number of halogens is 2. The van der Waals surface area contributed by atoms with Gasteiger partial charge in [-0.3, -0.25) is 0 Å². The molecule has 16 heavy (non-hydrogen) atoms. The number of hydrogen-bond donors (Lipinski definition) is 0. The van der Waals surface area contributed by atoms with Crippen molar-refractivity contribution >= 4 is 17.7 Å². The van der Waals surface area contributed by atoms with Crippen LogP contribution in [-0.4, -0.2) is 24.1 Å². The van der Waals surface area contributed by atoms with E-state index in [0.29, 0.717) is 13.1 Å². The number of carbonyl (C=O) groups is 1. The Morgan fingerprint density at radius 3 is 2.56 bits per heavy atom. The average Bonchev–Trinajstić information content (AvgIpc) is 2.24. The number of carbonyl (C=O) groups excluding carboxylic acids is 1. The van der Waals surface area contributed by atoms with Gasteiger partial charge in [0.25, 0.3) is 0 Å². The van der Waals surface area contributed by atoms with Gasteiger partial charge in [-0.15, -0.1) is 0 Å². The van der Waals surface area contributed by atoms with Crippen molar-refractivity contribution < 1.29 is 13.9 Å². The van der Waals surface area contributed by atoms with Gasteiger partial charge >= 0.3 is 6.09 Å². The average molecular weight is 246 g/mol. The molecule has 0 aliphatic carbocycles. The van der Waals surface area contributed by atoms with Crippen molar-refractivity contribution in [3.63, 3.8) is 0 Å². The van der Waals surface area contributed by atoms with Crippen molar-refractivity contribution in [3.05, 3.63) is 29.0 Å². The SMILES string of the molecule is CCN(CC)C(=O)Oc1ccc(Cl)cc1F. The highest BCUT2D eigenvalue weighted by Crippen LogP contribution is 2.21. The van der Waals surface area contributed by atoms with Crippen molar-refractivity contribution in [1.29, 1.82) is 0 Å². The number of benzene rings is 1. The molecule has 0 unspecified atom stereocenters. The number of rotatable bonds is 3. The second-order valence-corrected chi connectivity index (χ2v) is 3.55. The van der Waals surface area contributed by atoms with E-state index in [1.165, 1.54) is 17.0 Å². The molecule has 0 heterocycles. The number of hydrogen-bond acceptors (Lipinski definition) is 2. The van der Waals surface area contributed by atoms with Crippen molar-refractivity contribution in [2.24, 2.45) is 0 Å². The molecule has 1 aromatic rings. The second kappa shape index (κ2) is 5.70. The van der Waals surface area contributed by atoms with Crippen LogP contribution in [0.25, 0.3) is 0 Å². The summed E-state index contributed by atoms with van der Waals surface area (Å²) in [5.74, 6) is -0.755. The van der Waals surface area contributed by atoms with E-state index < -0.39 is 11.9 Å².